The third-order valence-electron chi connectivity index (χ3n) is 4.52. The molecule has 1 aromatic rings. The number of rotatable bonds is 5. The molecule has 3 nitrogen and oxygen atoms in total. The Kier molecular flexibility index (Phi) is 3.35. The molecule has 0 radical (unpaired) electrons. The van der Waals surface area contributed by atoms with Gasteiger partial charge in [0.2, 0.25) is 0 Å². The van der Waals surface area contributed by atoms with Crippen LogP contribution < -0.4 is 0 Å². The van der Waals surface area contributed by atoms with Gasteiger partial charge in [-0.15, -0.1) is 0 Å². The summed E-state index contributed by atoms with van der Waals surface area (Å²) in [5.74, 6) is 0. The van der Waals surface area contributed by atoms with Gasteiger partial charge in [0, 0.05) is 37.6 Å². The lowest BCUT2D eigenvalue weighted by Crippen LogP contribution is -2.39. The lowest BCUT2D eigenvalue weighted by molar-refractivity contribution is 0.152. The van der Waals surface area contributed by atoms with Gasteiger partial charge in [0.1, 0.15) is 0 Å². The van der Waals surface area contributed by atoms with Crippen LogP contribution >= 0.6 is 0 Å². The van der Waals surface area contributed by atoms with Crippen LogP contribution in [-0.4, -0.2) is 47.5 Å². The normalized spacial score (nSPS) is 28.7. The number of likely N-dealkylation sites (tertiary alicyclic amines) is 1. The first-order valence-electron chi connectivity index (χ1n) is 7.17. The second kappa shape index (κ2) is 4.98. The molecule has 0 bridgehead atoms. The Morgan fingerprint density at radius 2 is 2.17 bits per heavy atom. The van der Waals surface area contributed by atoms with Gasteiger partial charge in [-0.25, -0.2) is 0 Å². The zero-order valence-corrected chi connectivity index (χ0v) is 11.3. The van der Waals surface area contributed by atoms with Crippen LogP contribution in [0.15, 0.2) is 24.5 Å². The van der Waals surface area contributed by atoms with Crippen molar-refractivity contribution in [2.75, 3.05) is 32.7 Å². The van der Waals surface area contributed by atoms with Crippen molar-refractivity contribution < 1.29 is 0 Å². The molecule has 2 aliphatic heterocycles. The molecule has 1 unspecified atom stereocenters. The van der Waals surface area contributed by atoms with E-state index in [9.17, 15) is 0 Å². The van der Waals surface area contributed by atoms with Gasteiger partial charge in [-0.1, -0.05) is 6.07 Å². The summed E-state index contributed by atoms with van der Waals surface area (Å²) in [5.41, 5.74) is 1.60. The van der Waals surface area contributed by atoms with Crippen molar-refractivity contribution in [3.8, 4) is 0 Å². The lowest BCUT2D eigenvalue weighted by atomic mass is 9.90. The molecule has 0 amide bonds. The Morgan fingerprint density at radius 3 is 2.89 bits per heavy atom. The van der Waals surface area contributed by atoms with E-state index in [2.05, 4.69) is 33.8 Å². The van der Waals surface area contributed by atoms with Crippen LogP contribution in [0.1, 0.15) is 31.7 Å². The minimum absolute atomic E-state index is 0.215. The third kappa shape index (κ3) is 2.43. The molecular weight excluding hydrogens is 222 g/mol. The SMILES string of the molecule is CC1(c2cccnc2)CCCN1CCCN1CC1. The van der Waals surface area contributed by atoms with Gasteiger partial charge in [-0.3, -0.25) is 9.88 Å². The van der Waals surface area contributed by atoms with Gasteiger partial charge in [-0.05, 0) is 50.9 Å². The van der Waals surface area contributed by atoms with Gasteiger partial charge < -0.3 is 4.90 Å². The van der Waals surface area contributed by atoms with E-state index in [0.717, 1.165) is 0 Å². The van der Waals surface area contributed by atoms with E-state index < -0.39 is 0 Å². The summed E-state index contributed by atoms with van der Waals surface area (Å²) in [5, 5.41) is 0. The van der Waals surface area contributed by atoms with Gasteiger partial charge >= 0.3 is 0 Å². The molecule has 1 aromatic heterocycles. The molecule has 0 N–H and O–H groups in total. The molecule has 98 valence electrons. The van der Waals surface area contributed by atoms with Gasteiger partial charge in [0.25, 0.3) is 0 Å². The standard InChI is InChI=1S/C15H23N3/c1-15(14-5-2-7-16-13-14)6-3-9-18(15)10-4-8-17-11-12-17/h2,5,7,13H,3-4,6,8-12H2,1H3. The first-order chi connectivity index (χ1) is 8.79. The largest absolute Gasteiger partial charge is 0.301 e. The average Bonchev–Trinajstić information content (AvgIpc) is 3.15. The first kappa shape index (κ1) is 12.1. The highest BCUT2D eigenvalue weighted by Crippen LogP contribution is 2.38. The predicted octanol–water partition coefficient (Wildman–Crippen LogP) is 2.10. The molecular formula is C15H23N3. The molecule has 3 rings (SSSR count). The minimum atomic E-state index is 0.215. The molecule has 0 aromatic carbocycles. The number of aromatic nitrogens is 1. The topological polar surface area (TPSA) is 19.1 Å². The zero-order chi connectivity index (χ0) is 12.4. The Labute approximate surface area is 110 Å². The van der Waals surface area contributed by atoms with Crippen molar-refractivity contribution in [1.29, 1.82) is 0 Å². The fourth-order valence-electron chi connectivity index (χ4n) is 3.17. The van der Waals surface area contributed by atoms with Gasteiger partial charge in [0.05, 0.1) is 0 Å². The summed E-state index contributed by atoms with van der Waals surface area (Å²) in [6, 6.07) is 4.29. The van der Waals surface area contributed by atoms with Crippen molar-refractivity contribution in [2.45, 2.75) is 31.7 Å². The molecule has 0 saturated carbocycles. The number of hydrogen-bond acceptors (Lipinski definition) is 3. The van der Waals surface area contributed by atoms with Crippen molar-refractivity contribution >= 4 is 0 Å². The van der Waals surface area contributed by atoms with Gasteiger partial charge in [0.15, 0.2) is 0 Å². The summed E-state index contributed by atoms with van der Waals surface area (Å²) in [4.78, 5) is 9.46. The Balaban J connectivity index is 1.65. The summed E-state index contributed by atoms with van der Waals surface area (Å²) < 4.78 is 0. The predicted molar refractivity (Wildman–Crippen MR) is 73.5 cm³/mol. The van der Waals surface area contributed by atoms with E-state index in [0.29, 0.717) is 0 Å². The summed E-state index contributed by atoms with van der Waals surface area (Å²) in [6.45, 7) is 8.76. The van der Waals surface area contributed by atoms with Crippen molar-refractivity contribution in [3.63, 3.8) is 0 Å². The second-order valence-electron chi connectivity index (χ2n) is 5.80. The van der Waals surface area contributed by atoms with Crippen LogP contribution in [0.4, 0.5) is 0 Å². The van der Waals surface area contributed by atoms with E-state index in [1.807, 2.05) is 12.4 Å². The van der Waals surface area contributed by atoms with Crippen molar-refractivity contribution in [2.24, 2.45) is 0 Å². The Hall–Kier alpha value is -0.930. The van der Waals surface area contributed by atoms with Crippen LogP contribution in [0.2, 0.25) is 0 Å². The summed E-state index contributed by atoms with van der Waals surface area (Å²) >= 11 is 0. The third-order valence-corrected chi connectivity index (χ3v) is 4.52. The fraction of sp³-hybridized carbons (Fsp3) is 0.667. The summed E-state index contributed by atoms with van der Waals surface area (Å²) in [7, 11) is 0. The van der Waals surface area contributed by atoms with E-state index in [-0.39, 0.29) is 5.54 Å². The molecule has 2 aliphatic rings. The molecule has 0 spiro atoms. The molecule has 3 heterocycles. The second-order valence-corrected chi connectivity index (χ2v) is 5.80. The lowest BCUT2D eigenvalue weighted by Gasteiger charge is -2.35. The first-order valence-corrected chi connectivity index (χ1v) is 7.17. The van der Waals surface area contributed by atoms with Crippen molar-refractivity contribution in [3.05, 3.63) is 30.1 Å². The molecule has 18 heavy (non-hydrogen) atoms. The van der Waals surface area contributed by atoms with Crippen LogP contribution in [0.3, 0.4) is 0 Å². The van der Waals surface area contributed by atoms with E-state index >= 15 is 0 Å². The number of pyridine rings is 1. The smallest absolute Gasteiger partial charge is 0.0448 e. The minimum Gasteiger partial charge on any atom is -0.301 e. The monoisotopic (exact) mass is 245 g/mol. The van der Waals surface area contributed by atoms with Crippen LogP contribution in [0, 0.1) is 0 Å². The highest BCUT2D eigenvalue weighted by molar-refractivity contribution is 5.21. The van der Waals surface area contributed by atoms with E-state index in [4.69, 9.17) is 0 Å². The molecule has 0 aliphatic carbocycles. The highest BCUT2D eigenvalue weighted by Gasteiger charge is 2.37. The van der Waals surface area contributed by atoms with Gasteiger partial charge in [-0.2, -0.15) is 0 Å². The maximum Gasteiger partial charge on any atom is 0.0448 e. The van der Waals surface area contributed by atoms with E-state index in [1.54, 1.807) is 0 Å². The molecule has 1 atom stereocenters. The Morgan fingerprint density at radius 1 is 1.28 bits per heavy atom. The molecule has 3 heteroatoms. The summed E-state index contributed by atoms with van der Waals surface area (Å²) in [6.07, 6.45) is 7.79. The molecule has 2 fully saturated rings. The maximum absolute atomic E-state index is 4.29. The van der Waals surface area contributed by atoms with Crippen LogP contribution in [0.25, 0.3) is 0 Å². The quantitative estimate of drug-likeness (QED) is 0.741. The molecule has 2 saturated heterocycles. The number of hydrogen-bond donors (Lipinski definition) is 0. The fourth-order valence-corrected chi connectivity index (χ4v) is 3.17. The Bertz CT molecular complexity index is 388. The number of nitrogens with zero attached hydrogens (tertiary/aromatic N) is 3. The maximum atomic E-state index is 4.29. The van der Waals surface area contributed by atoms with E-state index in [1.165, 1.54) is 57.5 Å². The van der Waals surface area contributed by atoms with Crippen molar-refractivity contribution in [1.82, 2.24) is 14.8 Å². The highest BCUT2D eigenvalue weighted by atomic mass is 15.3. The van der Waals surface area contributed by atoms with Crippen LogP contribution in [-0.2, 0) is 5.54 Å². The van der Waals surface area contributed by atoms with Crippen LogP contribution in [0.5, 0.6) is 0 Å². The average molecular weight is 245 g/mol. The zero-order valence-electron chi connectivity index (χ0n) is 11.3.